The van der Waals surface area contributed by atoms with E-state index in [1.807, 2.05) is 64.3 Å². The Balaban J connectivity index is 2.24. The van der Waals surface area contributed by atoms with Gasteiger partial charge in [0.05, 0.1) is 13.2 Å². The third-order valence-corrected chi connectivity index (χ3v) is 7.80. The number of carbonyl (C=O) groups excluding carboxylic acids is 2. The van der Waals surface area contributed by atoms with Gasteiger partial charge in [-0.1, -0.05) is 46.8 Å². The van der Waals surface area contributed by atoms with Crippen molar-refractivity contribution < 1.29 is 24.2 Å². The molecule has 1 aromatic heterocycles. The largest absolute Gasteiger partial charge is 0.496 e. The maximum Gasteiger partial charge on any atom is 0.332 e. The number of aliphatic hydroxyl groups is 1. The molecule has 204 valence electrons. The fraction of sp³-hybridized carbons (Fsp3) is 0.600. The number of methoxy groups -OCH3 is 1. The quantitative estimate of drug-likeness (QED) is 0.422. The summed E-state index contributed by atoms with van der Waals surface area (Å²) in [5, 5.41) is 12.5. The third-order valence-electron chi connectivity index (χ3n) is 6.85. The highest BCUT2D eigenvalue weighted by Gasteiger charge is 2.60. The van der Waals surface area contributed by atoms with Gasteiger partial charge in [-0.2, -0.15) is 0 Å². The zero-order chi connectivity index (χ0) is 27.8. The maximum absolute atomic E-state index is 14.5. The number of carbonyl (C=O) groups is 2. The van der Waals surface area contributed by atoms with Gasteiger partial charge < -0.3 is 19.5 Å². The first-order valence-corrected chi connectivity index (χ1v) is 13.9. The highest BCUT2D eigenvalue weighted by atomic mass is 32.1. The molecule has 1 fully saturated rings. The summed E-state index contributed by atoms with van der Waals surface area (Å²) in [6.45, 7) is 15.8. The number of benzene rings is 1. The number of hydrogen-bond acceptors (Lipinski definition) is 6. The van der Waals surface area contributed by atoms with E-state index in [2.05, 4.69) is 20.8 Å². The van der Waals surface area contributed by atoms with Gasteiger partial charge >= 0.3 is 5.97 Å². The molecule has 1 amide bonds. The van der Waals surface area contributed by atoms with Crippen molar-refractivity contribution in [3.8, 4) is 5.75 Å². The van der Waals surface area contributed by atoms with E-state index in [1.165, 1.54) is 11.3 Å². The summed E-state index contributed by atoms with van der Waals surface area (Å²) in [4.78, 5) is 31.2. The molecule has 0 saturated carbocycles. The molecule has 0 aliphatic carbocycles. The van der Waals surface area contributed by atoms with Crippen LogP contribution in [0.4, 0.5) is 0 Å². The van der Waals surface area contributed by atoms with Gasteiger partial charge in [0.25, 0.3) is 5.91 Å². The number of hydrogen-bond donors (Lipinski definition) is 1. The molecule has 2 heterocycles. The maximum atomic E-state index is 14.5. The number of ether oxygens (including phenoxy) is 2. The molecular weight excluding hydrogens is 486 g/mol. The summed E-state index contributed by atoms with van der Waals surface area (Å²) in [6, 6.07) is 8.99. The van der Waals surface area contributed by atoms with E-state index in [1.54, 1.807) is 18.1 Å². The molecule has 37 heavy (non-hydrogen) atoms. The minimum absolute atomic E-state index is 0.113. The number of likely N-dealkylation sites (tertiary alicyclic amines) is 1. The summed E-state index contributed by atoms with van der Waals surface area (Å²) in [6.07, 6.45) is 0.769. The van der Waals surface area contributed by atoms with E-state index in [9.17, 15) is 14.7 Å². The van der Waals surface area contributed by atoms with Crippen molar-refractivity contribution in [2.75, 3.05) is 13.7 Å². The standard InChI is InChI=1S/C30H43NO5S/c1-19(2)16-30(27(34)36-29(6,7)8)17-21(18-32)25(24-11-10-14-37-24)31(30)26(33)20-12-13-22(28(3,4)5)23(15-20)35-9/h10-15,19,21,25,32H,16-18H2,1-9H3/t21-,25-,30+/m1/s1. The lowest BCUT2D eigenvalue weighted by atomic mass is 9.83. The van der Waals surface area contributed by atoms with Crippen LogP contribution in [0.5, 0.6) is 5.75 Å². The second-order valence-electron chi connectivity index (χ2n) is 12.6. The Morgan fingerprint density at radius 1 is 1.16 bits per heavy atom. The Hall–Kier alpha value is -2.38. The molecule has 1 aliphatic heterocycles. The van der Waals surface area contributed by atoms with Crippen LogP contribution in [-0.4, -0.2) is 46.7 Å². The second kappa shape index (κ2) is 10.8. The summed E-state index contributed by atoms with van der Waals surface area (Å²) in [5.74, 6) is -0.236. The first kappa shape index (κ1) is 29.2. The number of amides is 1. The number of thiophene rings is 1. The zero-order valence-electron chi connectivity index (χ0n) is 23.8. The number of esters is 1. The monoisotopic (exact) mass is 529 g/mol. The SMILES string of the molecule is COc1cc(C(=O)N2[C@@H](c3cccs3)[C@@H](CO)C[C@@]2(CC(C)C)C(=O)OC(C)(C)C)ccc1C(C)(C)C. The molecular formula is C30H43NO5S. The van der Waals surface area contributed by atoms with Crippen LogP contribution in [0.25, 0.3) is 0 Å². The number of nitrogens with zero attached hydrogens (tertiary/aromatic N) is 1. The average Bonchev–Trinajstić information content (AvgIpc) is 3.42. The van der Waals surface area contributed by atoms with Gasteiger partial charge in [-0.3, -0.25) is 4.79 Å². The van der Waals surface area contributed by atoms with Gasteiger partial charge in [-0.15, -0.1) is 11.3 Å². The van der Waals surface area contributed by atoms with Crippen molar-refractivity contribution in [2.45, 2.75) is 90.8 Å². The molecule has 1 aliphatic rings. The molecule has 0 bridgehead atoms. The van der Waals surface area contributed by atoms with E-state index in [-0.39, 0.29) is 29.8 Å². The van der Waals surface area contributed by atoms with Crippen molar-refractivity contribution in [3.05, 3.63) is 51.7 Å². The molecule has 0 spiro atoms. The van der Waals surface area contributed by atoms with Crippen molar-refractivity contribution in [1.82, 2.24) is 4.90 Å². The lowest BCUT2D eigenvalue weighted by Gasteiger charge is -2.41. The average molecular weight is 530 g/mol. The zero-order valence-corrected chi connectivity index (χ0v) is 24.6. The minimum Gasteiger partial charge on any atom is -0.496 e. The molecule has 1 aromatic carbocycles. The predicted molar refractivity (Wildman–Crippen MR) is 148 cm³/mol. The van der Waals surface area contributed by atoms with E-state index < -0.39 is 23.2 Å². The molecule has 0 radical (unpaired) electrons. The Bertz CT molecular complexity index is 1100. The molecule has 1 saturated heterocycles. The molecule has 2 aromatic rings. The van der Waals surface area contributed by atoms with Gasteiger partial charge in [0.1, 0.15) is 16.9 Å². The van der Waals surface area contributed by atoms with Crippen LogP contribution in [0.1, 0.15) is 95.1 Å². The molecule has 1 N–H and O–H groups in total. The van der Waals surface area contributed by atoms with Gasteiger partial charge in [-0.25, -0.2) is 4.79 Å². The van der Waals surface area contributed by atoms with Crippen LogP contribution in [0.2, 0.25) is 0 Å². The Morgan fingerprint density at radius 3 is 2.32 bits per heavy atom. The van der Waals surface area contributed by atoms with E-state index in [0.717, 1.165) is 10.4 Å². The van der Waals surface area contributed by atoms with Crippen LogP contribution in [0.3, 0.4) is 0 Å². The van der Waals surface area contributed by atoms with Crippen LogP contribution < -0.4 is 4.74 Å². The van der Waals surface area contributed by atoms with Crippen LogP contribution in [-0.2, 0) is 14.9 Å². The first-order valence-electron chi connectivity index (χ1n) is 13.0. The van der Waals surface area contributed by atoms with E-state index in [0.29, 0.717) is 24.2 Å². The Morgan fingerprint density at radius 2 is 1.84 bits per heavy atom. The fourth-order valence-electron chi connectivity index (χ4n) is 5.50. The van der Waals surface area contributed by atoms with Crippen LogP contribution >= 0.6 is 11.3 Å². The summed E-state index contributed by atoms with van der Waals surface area (Å²) in [7, 11) is 1.61. The van der Waals surface area contributed by atoms with E-state index in [4.69, 9.17) is 9.47 Å². The number of rotatable bonds is 7. The van der Waals surface area contributed by atoms with Gasteiger partial charge in [0.15, 0.2) is 0 Å². The van der Waals surface area contributed by atoms with Crippen molar-refractivity contribution >= 4 is 23.2 Å². The first-order chi connectivity index (χ1) is 17.1. The molecule has 3 rings (SSSR count). The molecule has 0 unspecified atom stereocenters. The minimum atomic E-state index is -1.21. The normalized spacial score (nSPS) is 22.4. The predicted octanol–water partition coefficient (Wildman–Crippen LogP) is 6.38. The third kappa shape index (κ3) is 6.04. The van der Waals surface area contributed by atoms with Gasteiger partial charge in [-0.05, 0) is 74.1 Å². The molecule has 7 heteroatoms. The molecule has 6 nitrogen and oxygen atoms in total. The van der Waals surface area contributed by atoms with Crippen molar-refractivity contribution in [1.29, 1.82) is 0 Å². The van der Waals surface area contributed by atoms with Crippen molar-refractivity contribution in [3.63, 3.8) is 0 Å². The lowest BCUT2D eigenvalue weighted by molar-refractivity contribution is -0.168. The summed E-state index contributed by atoms with van der Waals surface area (Å²) >= 11 is 1.53. The van der Waals surface area contributed by atoms with Crippen molar-refractivity contribution in [2.24, 2.45) is 11.8 Å². The Kier molecular flexibility index (Phi) is 8.50. The van der Waals surface area contributed by atoms with Crippen LogP contribution in [0.15, 0.2) is 35.7 Å². The van der Waals surface area contributed by atoms with Gasteiger partial charge in [0, 0.05) is 23.0 Å². The highest BCUT2D eigenvalue weighted by molar-refractivity contribution is 7.10. The second-order valence-corrected chi connectivity index (χ2v) is 13.6. The lowest BCUT2D eigenvalue weighted by Crippen LogP contribution is -2.56. The summed E-state index contributed by atoms with van der Waals surface area (Å²) in [5.41, 5.74) is -0.655. The fourth-order valence-corrected chi connectivity index (χ4v) is 6.41. The van der Waals surface area contributed by atoms with E-state index >= 15 is 0 Å². The van der Waals surface area contributed by atoms with Crippen LogP contribution in [0, 0.1) is 11.8 Å². The summed E-state index contributed by atoms with van der Waals surface area (Å²) < 4.78 is 11.7. The van der Waals surface area contributed by atoms with Gasteiger partial charge in [0.2, 0.25) is 0 Å². The Labute approximate surface area is 226 Å². The topological polar surface area (TPSA) is 76.1 Å². The smallest absolute Gasteiger partial charge is 0.332 e. The number of aliphatic hydroxyl groups excluding tert-OH is 1. The highest BCUT2D eigenvalue weighted by Crippen LogP contribution is 2.52. The molecule has 3 atom stereocenters.